The third-order valence-electron chi connectivity index (χ3n) is 13.0. The minimum absolute atomic E-state index is 0.211. The molecule has 2 aromatic rings. The molecule has 0 N–H and O–H groups in total. The van der Waals surface area contributed by atoms with Crippen molar-refractivity contribution in [2.45, 2.75) is 48.3 Å². The molecule has 42 heavy (non-hydrogen) atoms. The van der Waals surface area contributed by atoms with Crippen molar-refractivity contribution in [2.24, 2.45) is 23.7 Å². The lowest BCUT2D eigenvalue weighted by Crippen LogP contribution is -2.77. The van der Waals surface area contributed by atoms with E-state index in [-0.39, 0.29) is 36.3 Å². The highest BCUT2D eigenvalue weighted by Gasteiger charge is 2.80. The summed E-state index contributed by atoms with van der Waals surface area (Å²) in [6, 6.07) is 8.99. The molecular weight excluding hydrogens is 532 g/mol. The third-order valence-corrected chi connectivity index (χ3v) is 13.0. The highest BCUT2D eigenvalue weighted by atomic mass is 16.7. The Kier molecular flexibility index (Phi) is 4.01. The lowest BCUT2D eigenvalue weighted by atomic mass is 9.37. The number of nitrogens with zero attached hydrogens (tertiary/aromatic N) is 2. The number of likely N-dealkylation sites (N-methyl/N-ethyl adjacent to an activating group) is 2. The third kappa shape index (κ3) is 2.18. The highest BCUT2D eigenvalue weighted by Crippen LogP contribution is 2.76. The largest absolute Gasteiger partial charge is 0.454 e. The van der Waals surface area contributed by atoms with Crippen molar-refractivity contribution in [3.8, 4) is 23.0 Å². The average Bonchev–Trinajstić information content (AvgIpc) is 3.80. The second-order valence-corrected chi connectivity index (χ2v) is 13.9. The zero-order chi connectivity index (χ0) is 27.6. The Balaban J connectivity index is 1.20. The van der Waals surface area contributed by atoms with Gasteiger partial charge in [-0.05, 0) is 97.3 Å². The van der Waals surface area contributed by atoms with Crippen LogP contribution >= 0.6 is 0 Å². The first-order chi connectivity index (χ1) is 20.5. The topological polar surface area (TPSA) is 61.9 Å². The summed E-state index contributed by atoms with van der Waals surface area (Å²) in [5.74, 6) is 4.50. The number of rotatable bonds is 0. The summed E-state index contributed by atoms with van der Waals surface area (Å²) in [7, 11) is 4.52. The molecule has 2 bridgehead atoms. The average molecular weight is 567 g/mol. The van der Waals surface area contributed by atoms with Crippen molar-refractivity contribution < 1.29 is 28.4 Å². The van der Waals surface area contributed by atoms with Crippen LogP contribution in [0.2, 0.25) is 0 Å². The first-order valence-electron chi connectivity index (χ1n) is 15.5. The fourth-order valence-corrected chi connectivity index (χ4v) is 11.7. The Morgan fingerprint density at radius 1 is 0.667 bits per heavy atom. The molecule has 8 unspecified atom stereocenters. The molecule has 0 aromatic heterocycles. The molecule has 2 saturated heterocycles. The Labute approximate surface area is 244 Å². The van der Waals surface area contributed by atoms with Crippen molar-refractivity contribution >= 4 is 0 Å². The van der Waals surface area contributed by atoms with E-state index in [2.05, 4.69) is 72.5 Å². The number of fused-ring (bicyclic) bond motifs is 4. The van der Waals surface area contributed by atoms with Gasteiger partial charge in [0.25, 0.3) is 0 Å². The van der Waals surface area contributed by atoms with Gasteiger partial charge >= 0.3 is 0 Å². The predicted octanol–water partition coefficient (Wildman–Crippen LogP) is 4.06. The Morgan fingerprint density at radius 3 is 2.00 bits per heavy atom. The number of hydrogen-bond donors (Lipinski definition) is 0. The van der Waals surface area contributed by atoms with Gasteiger partial charge in [-0.1, -0.05) is 18.2 Å². The van der Waals surface area contributed by atoms with E-state index in [9.17, 15) is 0 Å². The maximum absolute atomic E-state index is 7.23. The lowest BCUT2D eigenvalue weighted by Gasteiger charge is -2.71. The van der Waals surface area contributed by atoms with E-state index in [4.69, 9.17) is 28.4 Å². The van der Waals surface area contributed by atoms with Crippen LogP contribution in [0.3, 0.4) is 0 Å². The summed E-state index contributed by atoms with van der Waals surface area (Å²) in [6.45, 7) is 3.68. The van der Waals surface area contributed by atoms with E-state index in [1.165, 1.54) is 22.3 Å². The Hall–Kier alpha value is -3.04. The number of ether oxygens (including phenoxy) is 6. The molecule has 6 aliphatic heterocycles. The van der Waals surface area contributed by atoms with Crippen LogP contribution in [0.1, 0.15) is 35.1 Å². The molecule has 6 heterocycles. The zero-order valence-electron chi connectivity index (χ0n) is 23.9. The monoisotopic (exact) mass is 566 g/mol. The normalized spacial score (nSPS) is 44.2. The molecule has 12 rings (SSSR count). The van der Waals surface area contributed by atoms with Gasteiger partial charge in [-0.3, -0.25) is 9.80 Å². The fraction of sp³-hybridized carbons (Fsp3) is 0.529. The van der Waals surface area contributed by atoms with Gasteiger partial charge in [0, 0.05) is 29.8 Å². The van der Waals surface area contributed by atoms with Crippen molar-refractivity contribution in [1.29, 1.82) is 0 Å². The van der Waals surface area contributed by atoms with Crippen LogP contribution in [0.4, 0.5) is 0 Å². The number of likely N-dealkylation sites (tertiary alicyclic amines) is 2. The molecule has 8 nitrogen and oxygen atoms in total. The number of benzene rings is 2. The van der Waals surface area contributed by atoms with Gasteiger partial charge in [0.05, 0.1) is 13.2 Å². The molecule has 10 aliphatic rings. The number of hydrogen-bond acceptors (Lipinski definition) is 8. The second kappa shape index (κ2) is 7.18. The van der Waals surface area contributed by atoms with Gasteiger partial charge in [0.15, 0.2) is 28.7 Å². The molecule has 1 saturated carbocycles. The van der Waals surface area contributed by atoms with E-state index in [1.807, 2.05) is 0 Å². The Morgan fingerprint density at radius 2 is 1.26 bits per heavy atom. The fourth-order valence-electron chi connectivity index (χ4n) is 11.7. The van der Waals surface area contributed by atoms with Crippen molar-refractivity contribution in [3.05, 3.63) is 70.8 Å². The van der Waals surface area contributed by atoms with Crippen LogP contribution in [0, 0.1) is 23.7 Å². The summed E-state index contributed by atoms with van der Waals surface area (Å²) in [5.41, 5.74) is 3.90. The summed E-state index contributed by atoms with van der Waals surface area (Å²) >= 11 is 0. The predicted molar refractivity (Wildman–Crippen MR) is 150 cm³/mol. The highest BCUT2D eigenvalue weighted by molar-refractivity contribution is 5.60. The maximum Gasteiger partial charge on any atom is 0.231 e. The molecule has 8 heteroatoms. The van der Waals surface area contributed by atoms with Crippen LogP contribution in [0.5, 0.6) is 23.0 Å². The van der Waals surface area contributed by atoms with E-state index in [0.717, 1.165) is 48.9 Å². The first kappa shape index (κ1) is 23.4. The van der Waals surface area contributed by atoms with Gasteiger partial charge in [-0.25, -0.2) is 0 Å². The molecule has 4 aliphatic carbocycles. The maximum atomic E-state index is 7.23. The quantitative estimate of drug-likeness (QED) is 0.443. The van der Waals surface area contributed by atoms with E-state index >= 15 is 0 Å². The molecule has 2 aromatic carbocycles. The van der Waals surface area contributed by atoms with Gasteiger partial charge in [0.2, 0.25) is 13.6 Å². The standard InChI is InChI=1S/C34H34N2O6/c1-35-9-8-32-25-14-29-26(37-18-40-29)11-19(25)15-41-33(32,35)6-5-21-22-3-4-23(30(21)32)31-7-10-36(2)34(22,31)42-16-20-12-27-28(13-24(20)31)39-17-38-27/h3-6,11-14,21-23,30H,7-10,15-18H2,1-2H3. The SMILES string of the molecule is CN1CCC23c4cc5c(cc4COC12C=CC1C3C2C=CC1C13OCc4cc6c(cc4C21CCN3C)OCO6)OCO5. The molecule has 0 spiro atoms. The van der Waals surface area contributed by atoms with Gasteiger partial charge < -0.3 is 28.4 Å². The summed E-state index contributed by atoms with van der Waals surface area (Å²) < 4.78 is 38.0. The lowest BCUT2D eigenvalue weighted by molar-refractivity contribution is -0.274. The second-order valence-electron chi connectivity index (χ2n) is 13.9. The summed E-state index contributed by atoms with van der Waals surface area (Å²) in [6.07, 6.45) is 12.1. The van der Waals surface area contributed by atoms with Gasteiger partial charge in [-0.2, -0.15) is 0 Å². The smallest absolute Gasteiger partial charge is 0.231 e. The van der Waals surface area contributed by atoms with Crippen LogP contribution in [0.15, 0.2) is 48.6 Å². The van der Waals surface area contributed by atoms with Gasteiger partial charge in [0.1, 0.15) is 5.72 Å². The molecule has 0 radical (unpaired) electrons. The van der Waals surface area contributed by atoms with Crippen LogP contribution < -0.4 is 18.9 Å². The molecular formula is C34H34N2O6. The Bertz CT molecular complexity index is 1670. The van der Waals surface area contributed by atoms with Crippen LogP contribution in [-0.4, -0.2) is 62.0 Å². The minimum Gasteiger partial charge on any atom is -0.454 e. The summed E-state index contributed by atoms with van der Waals surface area (Å²) in [4.78, 5) is 5.00. The van der Waals surface area contributed by atoms with Gasteiger partial charge in [-0.15, -0.1) is 0 Å². The zero-order valence-corrected chi connectivity index (χ0v) is 23.9. The molecule has 3 fully saturated rings. The van der Waals surface area contributed by atoms with Crippen molar-refractivity contribution in [2.75, 3.05) is 40.8 Å². The summed E-state index contributed by atoms with van der Waals surface area (Å²) in [5, 5.41) is 0. The van der Waals surface area contributed by atoms with Crippen molar-refractivity contribution in [1.82, 2.24) is 9.80 Å². The van der Waals surface area contributed by atoms with E-state index in [1.54, 1.807) is 0 Å². The molecule has 216 valence electrons. The minimum atomic E-state index is -0.503. The molecule has 0 amide bonds. The van der Waals surface area contributed by atoms with E-state index in [0.29, 0.717) is 25.0 Å². The molecule has 8 atom stereocenters. The van der Waals surface area contributed by atoms with Crippen LogP contribution in [-0.2, 0) is 33.5 Å². The first-order valence-corrected chi connectivity index (χ1v) is 15.5. The van der Waals surface area contributed by atoms with Crippen LogP contribution in [0.25, 0.3) is 0 Å². The number of allylic oxidation sites excluding steroid dienone is 2. The van der Waals surface area contributed by atoms with E-state index < -0.39 is 11.4 Å². The van der Waals surface area contributed by atoms with Crippen molar-refractivity contribution in [3.63, 3.8) is 0 Å².